The first-order valence-electron chi connectivity index (χ1n) is 5.24. The number of ether oxygens (including phenoxy) is 1. The molecule has 0 amide bonds. The molecule has 1 rings (SSSR count). The zero-order chi connectivity index (χ0) is 11.1. The molecule has 0 aliphatic heterocycles. The van der Waals surface area contributed by atoms with Crippen LogP contribution in [0, 0.1) is 6.92 Å². The van der Waals surface area contributed by atoms with Crippen molar-refractivity contribution in [2.24, 2.45) is 0 Å². The van der Waals surface area contributed by atoms with E-state index in [2.05, 4.69) is 6.92 Å². The molecule has 1 aromatic carbocycles. The molecule has 0 radical (unpaired) electrons. The summed E-state index contributed by atoms with van der Waals surface area (Å²) in [6, 6.07) is 5.37. The Morgan fingerprint density at radius 3 is 2.93 bits per heavy atom. The van der Waals surface area contributed by atoms with Gasteiger partial charge in [0.1, 0.15) is 11.5 Å². The van der Waals surface area contributed by atoms with Gasteiger partial charge in [-0.2, -0.15) is 11.8 Å². The van der Waals surface area contributed by atoms with Crippen molar-refractivity contribution in [2.45, 2.75) is 20.3 Å². The summed E-state index contributed by atoms with van der Waals surface area (Å²) in [5.41, 5.74) is 0.820. The Morgan fingerprint density at radius 1 is 1.40 bits per heavy atom. The van der Waals surface area contributed by atoms with E-state index in [1.165, 1.54) is 0 Å². The molecule has 0 bridgehead atoms. The summed E-state index contributed by atoms with van der Waals surface area (Å²) in [5, 5.41) is 9.46. The third-order valence-corrected chi connectivity index (χ3v) is 3.14. The fourth-order valence-electron chi connectivity index (χ4n) is 1.25. The number of thioether (sulfide) groups is 1. The highest BCUT2D eigenvalue weighted by molar-refractivity contribution is 7.99. The minimum atomic E-state index is 0.301. The molecule has 2 nitrogen and oxygen atoms in total. The van der Waals surface area contributed by atoms with Gasteiger partial charge in [-0.25, -0.2) is 0 Å². The highest BCUT2D eigenvalue weighted by atomic mass is 32.2. The smallest absolute Gasteiger partial charge is 0.125 e. The van der Waals surface area contributed by atoms with Crippen LogP contribution in [0.15, 0.2) is 18.2 Å². The molecule has 0 fully saturated rings. The first kappa shape index (κ1) is 12.2. The maximum atomic E-state index is 9.46. The summed E-state index contributed by atoms with van der Waals surface area (Å²) in [6.45, 7) is 4.74. The number of aromatic hydroxyl groups is 1. The van der Waals surface area contributed by atoms with Gasteiger partial charge in [0.15, 0.2) is 0 Å². The van der Waals surface area contributed by atoms with Crippen molar-refractivity contribution in [3.63, 3.8) is 0 Å². The Morgan fingerprint density at radius 2 is 2.20 bits per heavy atom. The minimum Gasteiger partial charge on any atom is -0.508 e. The van der Waals surface area contributed by atoms with E-state index in [1.807, 2.05) is 24.8 Å². The lowest BCUT2D eigenvalue weighted by Gasteiger charge is -2.09. The lowest BCUT2D eigenvalue weighted by atomic mass is 10.2. The third-order valence-electron chi connectivity index (χ3n) is 2.15. The zero-order valence-corrected chi connectivity index (χ0v) is 10.1. The Labute approximate surface area is 95.7 Å². The van der Waals surface area contributed by atoms with Gasteiger partial charge in [-0.3, -0.25) is 0 Å². The second kappa shape index (κ2) is 6.62. The van der Waals surface area contributed by atoms with E-state index in [-0.39, 0.29) is 0 Å². The van der Waals surface area contributed by atoms with Gasteiger partial charge in [0, 0.05) is 5.56 Å². The molecule has 0 unspecified atom stereocenters. The van der Waals surface area contributed by atoms with E-state index in [4.69, 9.17) is 4.74 Å². The van der Waals surface area contributed by atoms with E-state index in [0.717, 1.165) is 35.8 Å². The van der Waals surface area contributed by atoms with Crippen molar-refractivity contribution >= 4 is 11.8 Å². The van der Waals surface area contributed by atoms with Crippen molar-refractivity contribution in [3.8, 4) is 11.5 Å². The highest BCUT2D eigenvalue weighted by Crippen LogP contribution is 2.25. The van der Waals surface area contributed by atoms with Crippen LogP contribution >= 0.6 is 11.8 Å². The number of phenols is 1. The van der Waals surface area contributed by atoms with Gasteiger partial charge < -0.3 is 9.84 Å². The standard InChI is InChI=1S/C12H18O2S/c1-3-15-9-5-8-14-12-7-4-6-11(13)10(12)2/h4,6-7,13H,3,5,8-9H2,1-2H3. The van der Waals surface area contributed by atoms with Gasteiger partial charge >= 0.3 is 0 Å². The molecular weight excluding hydrogens is 208 g/mol. The molecular formula is C12H18O2S. The van der Waals surface area contributed by atoms with E-state index in [9.17, 15) is 5.11 Å². The number of hydrogen-bond donors (Lipinski definition) is 1. The number of phenolic OH excluding ortho intramolecular Hbond substituents is 1. The topological polar surface area (TPSA) is 29.5 Å². The van der Waals surface area contributed by atoms with Crippen molar-refractivity contribution in [2.75, 3.05) is 18.1 Å². The van der Waals surface area contributed by atoms with Gasteiger partial charge in [0.25, 0.3) is 0 Å². The summed E-state index contributed by atoms with van der Waals surface area (Å²) in [6.07, 6.45) is 1.05. The van der Waals surface area contributed by atoms with Crippen LogP contribution in [0.25, 0.3) is 0 Å². The van der Waals surface area contributed by atoms with E-state index in [0.29, 0.717) is 5.75 Å². The maximum Gasteiger partial charge on any atom is 0.125 e. The number of hydrogen-bond acceptors (Lipinski definition) is 3. The average Bonchev–Trinajstić information content (AvgIpc) is 2.24. The molecule has 84 valence electrons. The monoisotopic (exact) mass is 226 g/mol. The van der Waals surface area contributed by atoms with Gasteiger partial charge in [0.05, 0.1) is 6.61 Å². The van der Waals surface area contributed by atoms with Crippen LogP contribution in [0.4, 0.5) is 0 Å². The van der Waals surface area contributed by atoms with Gasteiger partial charge in [-0.1, -0.05) is 13.0 Å². The third kappa shape index (κ3) is 4.04. The lowest BCUT2D eigenvalue weighted by molar-refractivity contribution is 0.314. The second-order valence-electron chi connectivity index (χ2n) is 3.30. The summed E-state index contributed by atoms with van der Waals surface area (Å²) >= 11 is 1.92. The van der Waals surface area contributed by atoms with Crippen molar-refractivity contribution in [1.82, 2.24) is 0 Å². The second-order valence-corrected chi connectivity index (χ2v) is 4.69. The SMILES string of the molecule is CCSCCCOc1cccc(O)c1C. The van der Waals surface area contributed by atoms with E-state index >= 15 is 0 Å². The molecule has 0 aliphatic carbocycles. The van der Waals surface area contributed by atoms with Crippen LogP contribution < -0.4 is 4.74 Å². The molecule has 0 aromatic heterocycles. The molecule has 3 heteroatoms. The first-order valence-corrected chi connectivity index (χ1v) is 6.40. The Bertz CT molecular complexity index is 300. The van der Waals surface area contributed by atoms with E-state index < -0.39 is 0 Å². The Hall–Kier alpha value is -0.830. The Kier molecular flexibility index (Phi) is 5.40. The van der Waals surface area contributed by atoms with Crippen LogP contribution in [0.5, 0.6) is 11.5 Å². The van der Waals surface area contributed by atoms with Crippen LogP contribution in [0.3, 0.4) is 0 Å². The molecule has 0 aliphatic rings. The predicted octanol–water partition coefficient (Wildman–Crippen LogP) is 3.22. The summed E-state index contributed by atoms with van der Waals surface area (Å²) < 4.78 is 5.59. The molecule has 15 heavy (non-hydrogen) atoms. The lowest BCUT2D eigenvalue weighted by Crippen LogP contribution is -2.00. The molecule has 0 saturated heterocycles. The van der Waals surface area contributed by atoms with Crippen LogP contribution in [0.2, 0.25) is 0 Å². The van der Waals surface area contributed by atoms with Crippen LogP contribution in [-0.2, 0) is 0 Å². The molecule has 1 N–H and O–H groups in total. The average molecular weight is 226 g/mol. The van der Waals surface area contributed by atoms with Crippen LogP contribution in [-0.4, -0.2) is 23.2 Å². The van der Waals surface area contributed by atoms with Crippen LogP contribution in [0.1, 0.15) is 18.9 Å². The number of benzene rings is 1. The Balaban J connectivity index is 2.34. The minimum absolute atomic E-state index is 0.301. The molecule has 0 saturated carbocycles. The van der Waals surface area contributed by atoms with Crippen molar-refractivity contribution < 1.29 is 9.84 Å². The first-order chi connectivity index (χ1) is 7.25. The van der Waals surface area contributed by atoms with Crippen molar-refractivity contribution in [1.29, 1.82) is 0 Å². The largest absolute Gasteiger partial charge is 0.508 e. The predicted molar refractivity (Wildman–Crippen MR) is 66.0 cm³/mol. The summed E-state index contributed by atoms with van der Waals surface area (Å²) in [7, 11) is 0. The molecule has 0 heterocycles. The van der Waals surface area contributed by atoms with Gasteiger partial charge in [-0.05, 0) is 37.0 Å². The fraction of sp³-hybridized carbons (Fsp3) is 0.500. The number of rotatable bonds is 6. The summed E-state index contributed by atoms with van der Waals surface area (Å²) in [5.74, 6) is 3.38. The van der Waals surface area contributed by atoms with Gasteiger partial charge in [0.2, 0.25) is 0 Å². The quantitative estimate of drug-likeness (QED) is 0.755. The van der Waals surface area contributed by atoms with Gasteiger partial charge in [-0.15, -0.1) is 0 Å². The molecule has 0 atom stereocenters. The molecule has 1 aromatic rings. The zero-order valence-electron chi connectivity index (χ0n) is 9.32. The van der Waals surface area contributed by atoms with E-state index in [1.54, 1.807) is 12.1 Å². The maximum absolute atomic E-state index is 9.46. The van der Waals surface area contributed by atoms with Crippen molar-refractivity contribution in [3.05, 3.63) is 23.8 Å². The highest BCUT2D eigenvalue weighted by Gasteiger charge is 2.02. The molecule has 0 spiro atoms. The normalized spacial score (nSPS) is 10.3. The summed E-state index contributed by atoms with van der Waals surface area (Å²) in [4.78, 5) is 0. The fourth-order valence-corrected chi connectivity index (χ4v) is 1.86.